The average molecular weight is 315 g/mol. The van der Waals surface area contributed by atoms with Crippen molar-refractivity contribution in [1.82, 2.24) is 9.80 Å². The normalized spacial score (nSPS) is 18.6. The summed E-state index contributed by atoms with van der Waals surface area (Å²) in [4.78, 5) is 16.3. The molecule has 2 saturated heterocycles. The Morgan fingerprint density at radius 2 is 1.50 bits per heavy atom. The summed E-state index contributed by atoms with van der Waals surface area (Å²) in [6.07, 6.45) is 4.43. The van der Waals surface area contributed by atoms with Gasteiger partial charge in [0.1, 0.15) is 0 Å². The summed E-state index contributed by atoms with van der Waals surface area (Å²) in [5, 5.41) is 0. The van der Waals surface area contributed by atoms with Crippen molar-refractivity contribution in [3.63, 3.8) is 0 Å². The van der Waals surface area contributed by atoms with Gasteiger partial charge in [-0.15, -0.1) is 0 Å². The molecule has 1 amide bonds. The molecule has 2 aliphatic heterocycles. The third kappa shape index (κ3) is 7.13. The number of hydrogen-bond donors (Lipinski definition) is 0. The molecule has 2 heterocycles. The molecule has 3 heteroatoms. The summed E-state index contributed by atoms with van der Waals surface area (Å²) < 4.78 is 0. The lowest BCUT2D eigenvalue weighted by molar-refractivity contribution is -0.139. The van der Waals surface area contributed by atoms with Gasteiger partial charge >= 0.3 is 0 Å². The van der Waals surface area contributed by atoms with Gasteiger partial charge in [-0.1, -0.05) is 55.4 Å². The number of carbonyl (C=O) groups is 1. The van der Waals surface area contributed by atoms with E-state index in [-0.39, 0.29) is 0 Å². The molecule has 3 nitrogen and oxygen atoms in total. The molecule has 0 saturated carbocycles. The minimum absolute atomic E-state index is 0.341. The summed E-state index contributed by atoms with van der Waals surface area (Å²) in [5.74, 6) is 0.341. The van der Waals surface area contributed by atoms with Crippen LogP contribution in [-0.4, -0.2) is 48.4 Å². The molecule has 134 valence electrons. The van der Waals surface area contributed by atoms with E-state index in [1.807, 2.05) is 48.5 Å². The molecule has 0 bridgehead atoms. The Bertz CT molecular complexity index is 260. The van der Waals surface area contributed by atoms with Crippen molar-refractivity contribution in [3.05, 3.63) is 0 Å². The van der Waals surface area contributed by atoms with Crippen LogP contribution in [0.1, 0.15) is 81.1 Å². The van der Waals surface area contributed by atoms with Crippen molar-refractivity contribution in [1.29, 1.82) is 0 Å². The molecular weight excluding hydrogens is 272 g/mol. The summed E-state index contributed by atoms with van der Waals surface area (Å²) in [5.41, 5.74) is 0.457. The van der Waals surface area contributed by atoms with Crippen LogP contribution in [0, 0.1) is 5.41 Å². The number of nitrogens with zero attached hydrogens (tertiary/aromatic N) is 2. The number of hydrogen-bond acceptors (Lipinski definition) is 2. The van der Waals surface area contributed by atoms with Gasteiger partial charge in [0.05, 0.1) is 0 Å². The fourth-order valence-electron chi connectivity index (χ4n) is 3.28. The largest absolute Gasteiger partial charge is 0.342 e. The first kappa shape index (κ1) is 23.7. The predicted molar refractivity (Wildman–Crippen MR) is 99.3 cm³/mol. The van der Waals surface area contributed by atoms with Crippen molar-refractivity contribution in [2.75, 3.05) is 32.7 Å². The minimum atomic E-state index is 0.341. The Hall–Kier alpha value is -0.570. The smallest absolute Gasteiger partial charge is 0.222 e. The zero-order valence-electron chi connectivity index (χ0n) is 16.7. The van der Waals surface area contributed by atoms with Crippen LogP contribution in [0.5, 0.6) is 0 Å². The lowest BCUT2D eigenvalue weighted by Gasteiger charge is -2.54. The van der Waals surface area contributed by atoms with Crippen LogP contribution >= 0.6 is 0 Å². The quantitative estimate of drug-likeness (QED) is 0.746. The summed E-state index contributed by atoms with van der Waals surface area (Å²) >= 11 is 0. The molecule has 0 atom stereocenters. The topological polar surface area (TPSA) is 23.6 Å². The van der Waals surface area contributed by atoms with Gasteiger partial charge in [0.15, 0.2) is 0 Å². The second-order valence-corrected chi connectivity index (χ2v) is 5.48. The number of amides is 1. The molecule has 0 aliphatic carbocycles. The first-order valence-corrected chi connectivity index (χ1v) is 9.69. The second-order valence-electron chi connectivity index (χ2n) is 5.48. The standard InChI is InChI=1S/C13H24N2O.3C2H6/c1-3-7-14-9-13(10-14)6-5-8-15(11-13)12(16)4-2;3*1-2/h3-11H2,1-2H3;3*1-2H3. The fraction of sp³-hybridized carbons (Fsp3) is 0.947. The van der Waals surface area contributed by atoms with Crippen LogP contribution < -0.4 is 0 Å². The molecule has 2 aliphatic rings. The number of likely N-dealkylation sites (tertiary alicyclic amines) is 2. The molecule has 2 fully saturated rings. The van der Waals surface area contributed by atoms with Crippen LogP contribution in [0.2, 0.25) is 0 Å². The second kappa shape index (κ2) is 14.0. The van der Waals surface area contributed by atoms with E-state index in [0.29, 0.717) is 17.7 Å². The Morgan fingerprint density at radius 3 is 1.95 bits per heavy atom. The molecule has 22 heavy (non-hydrogen) atoms. The molecule has 0 aromatic heterocycles. The lowest BCUT2D eigenvalue weighted by atomic mass is 9.73. The van der Waals surface area contributed by atoms with Crippen molar-refractivity contribution in [2.24, 2.45) is 5.41 Å². The Morgan fingerprint density at radius 1 is 0.955 bits per heavy atom. The highest BCUT2D eigenvalue weighted by atomic mass is 16.2. The highest BCUT2D eigenvalue weighted by molar-refractivity contribution is 5.76. The van der Waals surface area contributed by atoms with Gasteiger partial charge in [0, 0.05) is 38.0 Å². The van der Waals surface area contributed by atoms with E-state index in [4.69, 9.17) is 0 Å². The van der Waals surface area contributed by atoms with Crippen molar-refractivity contribution >= 4 is 5.91 Å². The molecule has 0 radical (unpaired) electrons. The Labute approximate surface area is 140 Å². The van der Waals surface area contributed by atoms with Crippen LogP contribution in [0.3, 0.4) is 0 Å². The molecule has 0 aromatic rings. The van der Waals surface area contributed by atoms with Gasteiger partial charge < -0.3 is 9.80 Å². The van der Waals surface area contributed by atoms with E-state index in [9.17, 15) is 4.79 Å². The maximum absolute atomic E-state index is 11.7. The fourth-order valence-corrected chi connectivity index (χ4v) is 3.28. The molecule has 0 aromatic carbocycles. The average Bonchev–Trinajstić information content (AvgIpc) is 2.58. The zero-order valence-corrected chi connectivity index (χ0v) is 16.7. The third-order valence-corrected chi connectivity index (χ3v) is 3.97. The van der Waals surface area contributed by atoms with Crippen molar-refractivity contribution in [3.8, 4) is 0 Å². The number of carbonyl (C=O) groups excluding carboxylic acids is 1. The predicted octanol–water partition coefficient (Wildman–Crippen LogP) is 4.81. The van der Waals surface area contributed by atoms with E-state index in [0.717, 1.165) is 13.1 Å². The zero-order chi connectivity index (χ0) is 17.6. The summed E-state index contributed by atoms with van der Waals surface area (Å²) in [6.45, 7) is 21.9. The van der Waals surface area contributed by atoms with E-state index in [1.54, 1.807) is 0 Å². The van der Waals surface area contributed by atoms with Crippen molar-refractivity contribution in [2.45, 2.75) is 81.1 Å². The number of piperidine rings is 1. The van der Waals surface area contributed by atoms with Gasteiger partial charge in [-0.05, 0) is 25.8 Å². The van der Waals surface area contributed by atoms with E-state index < -0.39 is 0 Å². The van der Waals surface area contributed by atoms with Gasteiger partial charge in [-0.3, -0.25) is 4.79 Å². The Kier molecular flexibility index (Phi) is 15.1. The van der Waals surface area contributed by atoms with Gasteiger partial charge in [-0.2, -0.15) is 0 Å². The van der Waals surface area contributed by atoms with Crippen LogP contribution in [0.15, 0.2) is 0 Å². The highest BCUT2D eigenvalue weighted by Crippen LogP contribution is 2.39. The van der Waals surface area contributed by atoms with Gasteiger partial charge in [-0.25, -0.2) is 0 Å². The molecule has 0 unspecified atom stereocenters. The van der Waals surface area contributed by atoms with Crippen LogP contribution in [-0.2, 0) is 4.79 Å². The minimum Gasteiger partial charge on any atom is -0.342 e. The first-order valence-electron chi connectivity index (χ1n) is 9.69. The Balaban J connectivity index is 0. The molecule has 0 N–H and O–H groups in total. The van der Waals surface area contributed by atoms with Crippen molar-refractivity contribution < 1.29 is 4.79 Å². The van der Waals surface area contributed by atoms with Crippen LogP contribution in [0.25, 0.3) is 0 Å². The van der Waals surface area contributed by atoms with Gasteiger partial charge in [0.2, 0.25) is 5.91 Å². The molecule has 1 spiro atoms. The molecular formula is C19H42N2O. The third-order valence-electron chi connectivity index (χ3n) is 3.97. The first-order chi connectivity index (χ1) is 10.7. The van der Waals surface area contributed by atoms with E-state index >= 15 is 0 Å². The van der Waals surface area contributed by atoms with Gasteiger partial charge in [0.25, 0.3) is 0 Å². The monoisotopic (exact) mass is 314 g/mol. The highest BCUT2D eigenvalue weighted by Gasteiger charge is 2.45. The number of rotatable bonds is 3. The SMILES string of the molecule is CC.CC.CC.CCCN1CC2(CCCN(C(=O)CC)C2)C1. The summed E-state index contributed by atoms with van der Waals surface area (Å²) in [6, 6.07) is 0. The lowest BCUT2D eigenvalue weighted by Crippen LogP contribution is -2.63. The van der Waals surface area contributed by atoms with E-state index in [2.05, 4.69) is 16.7 Å². The van der Waals surface area contributed by atoms with Crippen LogP contribution in [0.4, 0.5) is 0 Å². The van der Waals surface area contributed by atoms with E-state index in [1.165, 1.54) is 38.9 Å². The summed E-state index contributed by atoms with van der Waals surface area (Å²) in [7, 11) is 0. The molecule has 2 rings (SSSR count). The maximum atomic E-state index is 11.7. The maximum Gasteiger partial charge on any atom is 0.222 e.